The van der Waals surface area contributed by atoms with Gasteiger partial charge in [0.05, 0.1) is 7.11 Å². The van der Waals surface area contributed by atoms with Crippen molar-refractivity contribution in [2.45, 2.75) is 13.5 Å². The van der Waals surface area contributed by atoms with Crippen LogP contribution >= 0.6 is 0 Å². The zero-order valence-electron chi connectivity index (χ0n) is 9.87. The monoisotopic (exact) mass is 226 g/mol. The number of methoxy groups -OCH3 is 1. The third-order valence-corrected chi connectivity index (χ3v) is 2.51. The van der Waals surface area contributed by atoms with E-state index < -0.39 is 0 Å². The Morgan fingerprint density at radius 1 is 1.44 bits per heavy atom. The van der Waals surface area contributed by atoms with Crippen LogP contribution in [0.3, 0.4) is 0 Å². The first-order valence-corrected chi connectivity index (χ1v) is 5.46. The van der Waals surface area contributed by atoms with E-state index in [1.165, 1.54) is 13.2 Å². The van der Waals surface area contributed by atoms with E-state index in [1.54, 1.807) is 12.1 Å². The number of hydrogen-bond acceptors (Lipinski definition) is 3. The van der Waals surface area contributed by atoms with E-state index in [0.717, 1.165) is 25.2 Å². The Kier molecular flexibility index (Phi) is 5.22. The lowest BCUT2D eigenvalue weighted by atomic mass is 10.2. The molecule has 0 amide bonds. The third kappa shape index (κ3) is 3.47. The van der Waals surface area contributed by atoms with Crippen molar-refractivity contribution in [3.8, 4) is 5.75 Å². The molecule has 1 aromatic carbocycles. The molecule has 90 valence electrons. The van der Waals surface area contributed by atoms with Crippen molar-refractivity contribution < 1.29 is 9.13 Å². The standard InChI is InChI=1S/C12H19FN2O/c1-3-15(7-6-14)9-10-4-5-11(13)12(8-10)16-2/h4-5,8H,3,6-7,9,14H2,1-2H3. The number of ether oxygens (including phenoxy) is 1. The molecule has 3 nitrogen and oxygen atoms in total. The molecule has 0 fully saturated rings. The van der Waals surface area contributed by atoms with Crippen molar-refractivity contribution in [3.63, 3.8) is 0 Å². The van der Waals surface area contributed by atoms with E-state index in [4.69, 9.17) is 10.5 Å². The molecule has 0 aliphatic heterocycles. The van der Waals surface area contributed by atoms with E-state index >= 15 is 0 Å². The molecule has 1 rings (SSSR count). The summed E-state index contributed by atoms with van der Waals surface area (Å²) in [7, 11) is 1.47. The summed E-state index contributed by atoms with van der Waals surface area (Å²) in [5.41, 5.74) is 6.55. The minimum atomic E-state index is -0.326. The van der Waals surface area contributed by atoms with E-state index in [9.17, 15) is 4.39 Å². The quantitative estimate of drug-likeness (QED) is 0.801. The largest absolute Gasteiger partial charge is 0.494 e. The van der Waals surface area contributed by atoms with Gasteiger partial charge in [-0.05, 0) is 24.2 Å². The van der Waals surface area contributed by atoms with Crippen LogP contribution in [0.4, 0.5) is 4.39 Å². The van der Waals surface area contributed by atoms with Gasteiger partial charge in [-0.15, -0.1) is 0 Å². The molecule has 16 heavy (non-hydrogen) atoms. The Labute approximate surface area is 96.0 Å². The Hall–Kier alpha value is -1.13. The summed E-state index contributed by atoms with van der Waals surface area (Å²) in [5.74, 6) is -0.0329. The number of halogens is 1. The fraction of sp³-hybridized carbons (Fsp3) is 0.500. The molecule has 0 aromatic heterocycles. The smallest absolute Gasteiger partial charge is 0.165 e. The molecule has 0 atom stereocenters. The summed E-state index contributed by atoms with van der Waals surface area (Å²) < 4.78 is 18.1. The molecule has 1 aromatic rings. The van der Waals surface area contributed by atoms with E-state index in [1.807, 2.05) is 0 Å². The minimum absolute atomic E-state index is 0.293. The second-order valence-corrected chi connectivity index (χ2v) is 3.63. The molecule has 0 saturated carbocycles. The zero-order valence-corrected chi connectivity index (χ0v) is 9.87. The molecule has 2 N–H and O–H groups in total. The topological polar surface area (TPSA) is 38.5 Å². The molecule has 0 unspecified atom stereocenters. The van der Waals surface area contributed by atoms with Crippen molar-refractivity contribution in [1.82, 2.24) is 4.90 Å². The predicted molar refractivity (Wildman–Crippen MR) is 63.0 cm³/mol. The second kappa shape index (κ2) is 6.45. The van der Waals surface area contributed by atoms with Gasteiger partial charge in [-0.25, -0.2) is 4.39 Å². The Morgan fingerprint density at radius 3 is 2.75 bits per heavy atom. The third-order valence-electron chi connectivity index (χ3n) is 2.51. The molecule has 0 saturated heterocycles. The lowest BCUT2D eigenvalue weighted by Gasteiger charge is -2.19. The molecule has 4 heteroatoms. The summed E-state index contributed by atoms with van der Waals surface area (Å²) >= 11 is 0. The first kappa shape index (κ1) is 12.9. The lowest BCUT2D eigenvalue weighted by molar-refractivity contribution is 0.287. The second-order valence-electron chi connectivity index (χ2n) is 3.63. The van der Waals surface area contributed by atoms with Gasteiger partial charge in [-0.3, -0.25) is 4.90 Å². The molecule has 0 heterocycles. The van der Waals surface area contributed by atoms with Crippen molar-refractivity contribution in [3.05, 3.63) is 29.6 Å². The number of likely N-dealkylation sites (N-methyl/N-ethyl adjacent to an activating group) is 1. The summed E-state index contributed by atoms with van der Waals surface area (Å²) in [4.78, 5) is 2.20. The summed E-state index contributed by atoms with van der Waals surface area (Å²) in [6.45, 7) is 5.25. The van der Waals surface area contributed by atoms with Crippen LogP contribution < -0.4 is 10.5 Å². The molecule has 0 aliphatic carbocycles. The van der Waals surface area contributed by atoms with Gasteiger partial charge in [0.15, 0.2) is 11.6 Å². The van der Waals surface area contributed by atoms with Crippen LogP contribution in [0, 0.1) is 5.82 Å². The van der Waals surface area contributed by atoms with Crippen molar-refractivity contribution in [2.75, 3.05) is 26.7 Å². The highest BCUT2D eigenvalue weighted by Crippen LogP contribution is 2.19. The Balaban J connectivity index is 2.72. The number of benzene rings is 1. The maximum absolute atomic E-state index is 13.2. The average Bonchev–Trinajstić information content (AvgIpc) is 2.30. The van der Waals surface area contributed by atoms with Gasteiger partial charge in [-0.2, -0.15) is 0 Å². The van der Waals surface area contributed by atoms with E-state index in [2.05, 4.69) is 11.8 Å². The number of nitrogens with two attached hydrogens (primary N) is 1. The molecule has 0 spiro atoms. The molecular formula is C12H19FN2O. The van der Waals surface area contributed by atoms with Gasteiger partial charge in [0, 0.05) is 19.6 Å². The predicted octanol–water partition coefficient (Wildman–Crippen LogP) is 1.61. The minimum Gasteiger partial charge on any atom is -0.494 e. The van der Waals surface area contributed by atoms with Crippen LogP contribution in [0.2, 0.25) is 0 Å². The van der Waals surface area contributed by atoms with Gasteiger partial charge in [0.25, 0.3) is 0 Å². The van der Waals surface area contributed by atoms with Gasteiger partial charge in [-0.1, -0.05) is 13.0 Å². The van der Waals surface area contributed by atoms with Gasteiger partial charge >= 0.3 is 0 Å². The van der Waals surface area contributed by atoms with Crippen molar-refractivity contribution in [1.29, 1.82) is 0 Å². The summed E-state index contributed by atoms with van der Waals surface area (Å²) in [6.07, 6.45) is 0. The Morgan fingerprint density at radius 2 is 2.19 bits per heavy atom. The van der Waals surface area contributed by atoms with Crippen LogP contribution in [0.25, 0.3) is 0 Å². The Bertz CT molecular complexity index is 331. The number of hydrogen-bond donors (Lipinski definition) is 1. The van der Waals surface area contributed by atoms with Crippen LogP contribution in [-0.2, 0) is 6.54 Å². The normalized spacial score (nSPS) is 10.8. The van der Waals surface area contributed by atoms with E-state index in [0.29, 0.717) is 12.3 Å². The van der Waals surface area contributed by atoms with Gasteiger partial charge in [0.2, 0.25) is 0 Å². The maximum atomic E-state index is 13.2. The first-order valence-electron chi connectivity index (χ1n) is 5.46. The van der Waals surface area contributed by atoms with Crippen molar-refractivity contribution in [2.24, 2.45) is 5.73 Å². The number of nitrogens with zero attached hydrogens (tertiary/aromatic N) is 1. The van der Waals surface area contributed by atoms with Crippen LogP contribution in [-0.4, -0.2) is 31.6 Å². The van der Waals surface area contributed by atoms with E-state index in [-0.39, 0.29) is 5.82 Å². The first-order chi connectivity index (χ1) is 7.71. The van der Waals surface area contributed by atoms with Crippen LogP contribution in [0.5, 0.6) is 5.75 Å². The highest BCUT2D eigenvalue weighted by molar-refractivity contribution is 5.30. The summed E-state index contributed by atoms with van der Waals surface area (Å²) in [6, 6.07) is 4.94. The maximum Gasteiger partial charge on any atom is 0.165 e. The number of rotatable bonds is 6. The molecule has 0 bridgehead atoms. The fourth-order valence-electron chi connectivity index (χ4n) is 1.59. The molecular weight excluding hydrogens is 207 g/mol. The van der Waals surface area contributed by atoms with Gasteiger partial charge in [0.1, 0.15) is 0 Å². The highest BCUT2D eigenvalue weighted by Gasteiger charge is 2.06. The van der Waals surface area contributed by atoms with Crippen LogP contribution in [0.15, 0.2) is 18.2 Å². The molecule has 0 aliphatic rings. The molecule has 0 radical (unpaired) electrons. The average molecular weight is 226 g/mol. The van der Waals surface area contributed by atoms with Gasteiger partial charge < -0.3 is 10.5 Å². The highest BCUT2D eigenvalue weighted by atomic mass is 19.1. The van der Waals surface area contributed by atoms with Crippen molar-refractivity contribution >= 4 is 0 Å². The SMILES string of the molecule is CCN(CCN)Cc1ccc(F)c(OC)c1. The van der Waals surface area contributed by atoms with Crippen LogP contribution in [0.1, 0.15) is 12.5 Å². The zero-order chi connectivity index (χ0) is 12.0. The fourth-order valence-corrected chi connectivity index (χ4v) is 1.59. The lowest BCUT2D eigenvalue weighted by Crippen LogP contribution is -2.28. The summed E-state index contributed by atoms with van der Waals surface area (Å²) in [5, 5.41) is 0.